The van der Waals surface area contributed by atoms with Crippen LogP contribution in [-0.4, -0.2) is 21.0 Å². The fraction of sp³-hybridized carbons (Fsp3) is 0. The lowest BCUT2D eigenvalue weighted by molar-refractivity contribution is -0.385. The molecular weight excluding hydrogens is 288 g/mol. The van der Waals surface area contributed by atoms with Crippen LogP contribution >= 0.6 is 11.6 Å². The monoisotopic (exact) mass is 294 g/mol. The molecule has 2 rings (SSSR count). The zero-order chi connectivity index (χ0) is 14.7. The van der Waals surface area contributed by atoms with Crippen molar-refractivity contribution in [2.24, 2.45) is 0 Å². The average Bonchev–Trinajstić information content (AvgIpc) is 2.38. The van der Waals surface area contributed by atoms with Gasteiger partial charge in [-0.05, 0) is 6.07 Å². The highest BCUT2D eigenvalue weighted by Crippen LogP contribution is 2.28. The maximum atomic E-state index is 11.0. The maximum Gasteiger partial charge on any atom is 0.342 e. The van der Waals surface area contributed by atoms with E-state index in [0.717, 1.165) is 12.1 Å². The Kier molecular flexibility index (Phi) is 3.81. The van der Waals surface area contributed by atoms with E-state index in [1.165, 1.54) is 24.5 Å². The average molecular weight is 295 g/mol. The first-order valence-electron chi connectivity index (χ1n) is 5.27. The number of nitrogens with zero attached hydrogens (tertiary/aromatic N) is 2. The molecule has 0 atom stereocenters. The number of ether oxygens (including phenoxy) is 1. The van der Waals surface area contributed by atoms with Gasteiger partial charge in [0, 0.05) is 24.4 Å². The van der Waals surface area contributed by atoms with Crippen LogP contribution in [0.3, 0.4) is 0 Å². The number of aromatic carboxylic acids is 1. The Morgan fingerprint density at radius 2 is 2.05 bits per heavy atom. The lowest BCUT2D eigenvalue weighted by Crippen LogP contribution is -2.02. The summed E-state index contributed by atoms with van der Waals surface area (Å²) in [5.41, 5.74) is -0.962. The van der Waals surface area contributed by atoms with Crippen molar-refractivity contribution in [3.05, 3.63) is 57.4 Å². The van der Waals surface area contributed by atoms with Gasteiger partial charge in [0.05, 0.1) is 16.1 Å². The van der Waals surface area contributed by atoms with Gasteiger partial charge in [0.25, 0.3) is 5.69 Å². The summed E-state index contributed by atoms with van der Waals surface area (Å²) in [5.74, 6) is -0.980. The lowest BCUT2D eigenvalue weighted by atomic mass is 10.1. The zero-order valence-corrected chi connectivity index (χ0v) is 10.6. The fourth-order valence-electron chi connectivity index (χ4n) is 1.49. The van der Waals surface area contributed by atoms with Crippen molar-refractivity contribution in [1.29, 1.82) is 0 Å². The second-order valence-electron chi connectivity index (χ2n) is 3.68. The number of benzene rings is 1. The minimum atomic E-state index is -1.41. The molecule has 0 saturated heterocycles. The number of pyridine rings is 1. The normalized spacial score (nSPS) is 10.1. The number of carboxylic acid groups (broad SMARTS) is 1. The molecule has 0 aliphatic carbocycles. The van der Waals surface area contributed by atoms with Crippen LogP contribution in [0.2, 0.25) is 5.02 Å². The first-order valence-corrected chi connectivity index (χ1v) is 5.65. The van der Waals surface area contributed by atoms with Gasteiger partial charge in [0.2, 0.25) is 0 Å². The van der Waals surface area contributed by atoms with Crippen molar-refractivity contribution >= 4 is 23.3 Å². The van der Waals surface area contributed by atoms with Crippen LogP contribution in [0, 0.1) is 10.1 Å². The Bertz CT molecular complexity index is 689. The Morgan fingerprint density at radius 1 is 1.30 bits per heavy atom. The number of hydrogen-bond donors (Lipinski definition) is 1. The van der Waals surface area contributed by atoms with E-state index < -0.39 is 22.1 Å². The lowest BCUT2D eigenvalue weighted by Gasteiger charge is -2.06. The number of halogens is 1. The predicted octanol–water partition coefficient (Wildman–Crippen LogP) is 3.13. The number of nitro benzene ring substituents is 1. The van der Waals surface area contributed by atoms with E-state index in [9.17, 15) is 14.9 Å². The molecule has 0 fully saturated rings. The first-order chi connectivity index (χ1) is 9.47. The van der Waals surface area contributed by atoms with Crippen LogP contribution < -0.4 is 4.74 Å². The van der Waals surface area contributed by atoms with Crippen LogP contribution in [0.15, 0.2) is 36.7 Å². The molecule has 0 radical (unpaired) electrons. The van der Waals surface area contributed by atoms with Crippen molar-refractivity contribution in [3.8, 4) is 11.5 Å². The van der Waals surface area contributed by atoms with Crippen molar-refractivity contribution in [2.75, 3.05) is 0 Å². The van der Waals surface area contributed by atoms with Gasteiger partial charge < -0.3 is 9.84 Å². The van der Waals surface area contributed by atoms with Crippen LogP contribution in [0.1, 0.15) is 10.4 Å². The van der Waals surface area contributed by atoms with E-state index in [4.69, 9.17) is 21.4 Å². The van der Waals surface area contributed by atoms with Gasteiger partial charge in [-0.2, -0.15) is 0 Å². The van der Waals surface area contributed by atoms with Crippen LogP contribution in [0.25, 0.3) is 0 Å². The molecule has 0 unspecified atom stereocenters. The summed E-state index contributed by atoms with van der Waals surface area (Å²) in [6.07, 6.45) is 2.79. The molecule has 1 heterocycles. The molecule has 7 nitrogen and oxygen atoms in total. The number of carbonyl (C=O) groups is 1. The van der Waals surface area contributed by atoms with Crippen molar-refractivity contribution < 1.29 is 19.6 Å². The highest BCUT2D eigenvalue weighted by Gasteiger charge is 2.20. The number of aromatic nitrogens is 1. The second-order valence-corrected chi connectivity index (χ2v) is 4.12. The molecule has 2 aromatic rings. The molecule has 20 heavy (non-hydrogen) atoms. The highest BCUT2D eigenvalue weighted by atomic mass is 35.5. The molecule has 0 aliphatic rings. The SMILES string of the molecule is O=C(O)c1cc(Oc2cncc(Cl)c2)ccc1[N+](=O)[O-]. The number of nitro groups is 1. The van der Waals surface area contributed by atoms with Gasteiger partial charge in [0.1, 0.15) is 17.1 Å². The van der Waals surface area contributed by atoms with Gasteiger partial charge >= 0.3 is 5.97 Å². The molecular formula is C12H7ClN2O5. The summed E-state index contributed by atoms with van der Waals surface area (Å²) in [6, 6.07) is 4.92. The van der Waals surface area contributed by atoms with Crippen LogP contribution in [-0.2, 0) is 0 Å². The molecule has 1 aromatic heterocycles. The maximum absolute atomic E-state index is 11.0. The molecule has 1 aromatic carbocycles. The summed E-state index contributed by atoms with van der Waals surface area (Å²) < 4.78 is 5.35. The van der Waals surface area contributed by atoms with E-state index in [-0.39, 0.29) is 5.75 Å². The van der Waals surface area contributed by atoms with Crippen LogP contribution in [0.4, 0.5) is 5.69 Å². The fourth-order valence-corrected chi connectivity index (χ4v) is 1.66. The molecule has 1 N–H and O–H groups in total. The summed E-state index contributed by atoms with van der Waals surface area (Å²) in [6.45, 7) is 0. The topological polar surface area (TPSA) is 103 Å². The van der Waals surface area contributed by atoms with E-state index in [1.54, 1.807) is 0 Å². The first kappa shape index (κ1) is 13.8. The Morgan fingerprint density at radius 3 is 2.65 bits per heavy atom. The molecule has 102 valence electrons. The highest BCUT2D eigenvalue weighted by molar-refractivity contribution is 6.30. The van der Waals surface area contributed by atoms with E-state index in [1.807, 2.05) is 0 Å². The van der Waals surface area contributed by atoms with Gasteiger partial charge in [-0.15, -0.1) is 0 Å². The zero-order valence-electron chi connectivity index (χ0n) is 9.82. The third kappa shape index (κ3) is 3.01. The third-order valence-electron chi connectivity index (χ3n) is 2.31. The van der Waals surface area contributed by atoms with Gasteiger partial charge in [-0.3, -0.25) is 15.1 Å². The standard InChI is InChI=1S/C12H7ClN2O5/c13-7-3-9(6-14-5-7)20-8-1-2-11(15(18)19)10(4-8)12(16)17/h1-6H,(H,16,17). The van der Waals surface area contributed by atoms with Crippen molar-refractivity contribution in [3.63, 3.8) is 0 Å². The molecule has 0 aliphatic heterocycles. The summed E-state index contributed by atoms with van der Waals surface area (Å²) in [7, 11) is 0. The molecule has 0 amide bonds. The van der Waals surface area contributed by atoms with E-state index in [0.29, 0.717) is 10.8 Å². The van der Waals surface area contributed by atoms with Crippen LogP contribution in [0.5, 0.6) is 11.5 Å². The summed E-state index contributed by atoms with van der Waals surface area (Å²) >= 11 is 5.73. The van der Waals surface area contributed by atoms with Crippen molar-refractivity contribution in [2.45, 2.75) is 0 Å². The predicted molar refractivity (Wildman–Crippen MR) is 69.4 cm³/mol. The smallest absolute Gasteiger partial charge is 0.342 e. The number of carboxylic acids is 1. The quantitative estimate of drug-likeness (QED) is 0.686. The molecule has 0 saturated carbocycles. The second kappa shape index (κ2) is 5.54. The third-order valence-corrected chi connectivity index (χ3v) is 2.52. The minimum absolute atomic E-state index is 0.136. The Labute approximate surface area is 117 Å². The Hall–Kier alpha value is -2.67. The number of hydrogen-bond acceptors (Lipinski definition) is 5. The minimum Gasteiger partial charge on any atom is -0.477 e. The summed E-state index contributed by atoms with van der Waals surface area (Å²) in [4.78, 5) is 24.7. The largest absolute Gasteiger partial charge is 0.477 e. The molecule has 0 spiro atoms. The molecule has 0 bridgehead atoms. The van der Waals surface area contributed by atoms with Gasteiger partial charge in [-0.1, -0.05) is 11.6 Å². The van der Waals surface area contributed by atoms with Crippen molar-refractivity contribution in [1.82, 2.24) is 4.98 Å². The number of rotatable bonds is 4. The van der Waals surface area contributed by atoms with E-state index >= 15 is 0 Å². The summed E-state index contributed by atoms with van der Waals surface area (Å²) in [5, 5.41) is 20.0. The Balaban J connectivity index is 2.36. The van der Waals surface area contributed by atoms with E-state index in [2.05, 4.69) is 4.98 Å². The molecule has 8 heteroatoms. The van der Waals surface area contributed by atoms with Gasteiger partial charge in [0.15, 0.2) is 0 Å². The van der Waals surface area contributed by atoms with Gasteiger partial charge in [-0.25, -0.2) is 4.79 Å².